The molecule has 0 N–H and O–H groups in total. The number of hydrogen-bond acceptors (Lipinski definition) is 3. The Morgan fingerprint density at radius 2 is 1.00 bits per heavy atom. The second kappa shape index (κ2) is 21.5. The van der Waals surface area contributed by atoms with Crippen LogP contribution in [-0.2, 0) is 7.87 Å². The van der Waals surface area contributed by atoms with E-state index in [9.17, 15) is 4.79 Å². The van der Waals surface area contributed by atoms with Gasteiger partial charge in [0.05, 0.1) is 0 Å². The van der Waals surface area contributed by atoms with E-state index in [1.165, 1.54) is 116 Å². The first kappa shape index (κ1) is 30.6. The van der Waals surface area contributed by atoms with Gasteiger partial charge in [0.2, 0.25) is 0 Å². The Bertz CT molecular complexity index is 382. The molecule has 0 aliphatic carbocycles. The Hall–Kier alpha value is 0.619. The van der Waals surface area contributed by atoms with Crippen LogP contribution in [0.5, 0.6) is 0 Å². The summed E-state index contributed by atoms with van der Waals surface area (Å²) in [5.41, 5.74) is 0. The number of rotatable bonds is 22. The summed E-state index contributed by atoms with van der Waals surface area (Å²) >= 11 is 2.13. The molecule has 0 aliphatic heterocycles. The fourth-order valence-corrected chi connectivity index (χ4v) is 6.48. The molecule has 0 amide bonds. The topological polar surface area (TPSA) is 26.3 Å². The Morgan fingerprint density at radius 3 is 1.33 bits per heavy atom. The fraction of sp³-hybridized carbons (Fsp3) is 0.962. The van der Waals surface area contributed by atoms with Crippen LogP contribution in [0.15, 0.2) is 0 Å². The van der Waals surface area contributed by atoms with Crippen LogP contribution >= 0.6 is 12.6 Å². The molecule has 30 heavy (non-hydrogen) atoms. The van der Waals surface area contributed by atoms with Crippen LogP contribution in [0.25, 0.3) is 0 Å². The monoisotopic (exact) mass is 550 g/mol. The van der Waals surface area contributed by atoms with Crippen molar-refractivity contribution in [3.05, 3.63) is 0 Å². The van der Waals surface area contributed by atoms with Crippen LogP contribution in [0.1, 0.15) is 135 Å². The van der Waals surface area contributed by atoms with Gasteiger partial charge in [0.25, 0.3) is 0 Å². The van der Waals surface area contributed by atoms with Gasteiger partial charge in [-0.15, -0.1) is 0 Å². The predicted octanol–water partition coefficient (Wildman–Crippen LogP) is 9.48. The number of carbonyl (C=O) groups excluding carboxylic acids is 1. The maximum atomic E-state index is 11.8. The van der Waals surface area contributed by atoms with Crippen LogP contribution < -0.4 is 0 Å². The van der Waals surface area contributed by atoms with E-state index in [1.807, 2.05) is 0 Å². The van der Waals surface area contributed by atoms with Gasteiger partial charge in [0.15, 0.2) is 0 Å². The average Bonchev–Trinajstić information content (AvgIpc) is 2.65. The second-order valence-corrected chi connectivity index (χ2v) is 23.6. The third kappa shape index (κ3) is 24.9. The van der Waals surface area contributed by atoms with Crippen LogP contribution in [0.2, 0.25) is 14.8 Å². The molecule has 180 valence electrons. The van der Waals surface area contributed by atoms with Gasteiger partial charge in [0.1, 0.15) is 0 Å². The van der Waals surface area contributed by atoms with E-state index in [1.54, 1.807) is 0 Å². The van der Waals surface area contributed by atoms with Gasteiger partial charge in [-0.2, -0.15) is 0 Å². The average molecular weight is 549 g/mol. The molecule has 0 rings (SSSR count). The maximum absolute atomic E-state index is 11.8. The van der Waals surface area contributed by atoms with E-state index in [2.05, 4.69) is 34.4 Å². The second-order valence-electron chi connectivity index (χ2n) is 10.2. The van der Waals surface area contributed by atoms with Gasteiger partial charge in [-0.05, 0) is 0 Å². The molecular formula is C26H54O2SSn. The van der Waals surface area contributed by atoms with Crippen LogP contribution in [-0.4, -0.2) is 30.0 Å². The summed E-state index contributed by atoms with van der Waals surface area (Å²) in [5, 5.41) is 0.173. The molecule has 1 atom stereocenters. The first-order valence-corrected chi connectivity index (χ1v) is 23.5. The number of unbranched alkanes of at least 4 members (excludes halogenated alkanes) is 17. The van der Waals surface area contributed by atoms with Crippen molar-refractivity contribution in [1.82, 2.24) is 0 Å². The fourth-order valence-electron chi connectivity index (χ4n) is 3.96. The zero-order chi connectivity index (χ0) is 22.5. The van der Waals surface area contributed by atoms with Gasteiger partial charge in [0, 0.05) is 0 Å². The van der Waals surface area contributed by atoms with Crippen LogP contribution in [0.4, 0.5) is 0 Å². The van der Waals surface area contributed by atoms with Crippen LogP contribution in [0, 0.1) is 0 Å². The molecule has 0 heterocycles. The van der Waals surface area contributed by atoms with Gasteiger partial charge < -0.3 is 0 Å². The SMILES string of the molecule is CCCCCCCCCCCCCCCCCCCCC(S)CC(=O)[O][Sn]([CH3])([CH3])[CH3]. The summed E-state index contributed by atoms with van der Waals surface area (Å²) in [5.74, 6) is -0.0271. The van der Waals surface area contributed by atoms with E-state index in [4.69, 9.17) is 3.07 Å². The summed E-state index contributed by atoms with van der Waals surface area (Å²) in [6, 6.07) is 0. The van der Waals surface area contributed by atoms with Gasteiger partial charge in [-0.1, -0.05) is 77.6 Å². The quantitative estimate of drug-likeness (QED) is 0.0827. The molecule has 0 aromatic carbocycles. The van der Waals surface area contributed by atoms with Crippen molar-refractivity contribution in [2.24, 2.45) is 0 Å². The molecule has 0 aromatic rings. The molecule has 0 radical (unpaired) electrons. The van der Waals surface area contributed by atoms with E-state index in [0.717, 1.165) is 6.42 Å². The summed E-state index contributed by atoms with van der Waals surface area (Å²) in [7, 11) is 0. The molecular weight excluding hydrogens is 495 g/mol. The molecule has 0 saturated heterocycles. The van der Waals surface area contributed by atoms with Crippen molar-refractivity contribution in [2.45, 2.75) is 155 Å². The van der Waals surface area contributed by atoms with E-state index >= 15 is 0 Å². The van der Waals surface area contributed by atoms with Gasteiger partial charge in [-0.3, -0.25) is 0 Å². The predicted molar refractivity (Wildman–Crippen MR) is 140 cm³/mol. The summed E-state index contributed by atoms with van der Waals surface area (Å²) in [4.78, 5) is 18.2. The molecule has 2 nitrogen and oxygen atoms in total. The number of thiol groups is 1. The zero-order valence-electron chi connectivity index (χ0n) is 21.0. The van der Waals surface area contributed by atoms with Gasteiger partial charge in [-0.25, -0.2) is 0 Å². The van der Waals surface area contributed by atoms with Gasteiger partial charge >= 0.3 is 123 Å². The molecule has 0 spiro atoms. The number of carbonyl (C=O) groups is 1. The Balaban J connectivity index is 3.23. The van der Waals surface area contributed by atoms with Crippen molar-refractivity contribution >= 4 is 37.4 Å². The molecule has 0 bridgehead atoms. The third-order valence-corrected chi connectivity index (χ3v) is 8.55. The van der Waals surface area contributed by atoms with Crippen molar-refractivity contribution < 1.29 is 7.87 Å². The van der Waals surface area contributed by atoms with Crippen molar-refractivity contribution in [3.8, 4) is 0 Å². The Morgan fingerprint density at radius 1 is 0.667 bits per heavy atom. The minimum atomic E-state index is -2.45. The molecule has 0 aromatic heterocycles. The van der Waals surface area contributed by atoms with Crippen molar-refractivity contribution in [3.63, 3.8) is 0 Å². The normalized spacial score (nSPS) is 12.8. The molecule has 0 fully saturated rings. The first-order valence-electron chi connectivity index (χ1n) is 13.2. The number of hydrogen-bond donors (Lipinski definition) is 1. The Labute approximate surface area is 199 Å². The van der Waals surface area contributed by atoms with Crippen molar-refractivity contribution in [1.29, 1.82) is 0 Å². The summed E-state index contributed by atoms with van der Waals surface area (Å²) in [6.07, 6.45) is 26.8. The third-order valence-electron chi connectivity index (χ3n) is 5.71. The first-order chi connectivity index (χ1) is 14.3. The molecule has 0 aliphatic rings. The standard InChI is InChI=1S/C23H46O2S.3CH3.Sn/c1-2-3-4-5-6-7-8-9-10-11-12-13-14-15-16-17-18-19-20-22(26)21-23(24)25;;;;/h22,26H,2-21H2,1H3,(H,24,25);3*1H3;/q;;;;+1/p-1. The van der Waals surface area contributed by atoms with E-state index in [-0.39, 0.29) is 11.2 Å². The zero-order valence-corrected chi connectivity index (χ0v) is 24.7. The van der Waals surface area contributed by atoms with Crippen molar-refractivity contribution in [2.75, 3.05) is 0 Å². The molecule has 1 unspecified atom stereocenters. The summed E-state index contributed by atoms with van der Waals surface area (Å²) in [6.45, 7) is 2.29. The van der Waals surface area contributed by atoms with Crippen LogP contribution in [0.3, 0.4) is 0 Å². The molecule has 4 heteroatoms. The Kier molecular flexibility index (Phi) is 21.9. The summed E-state index contributed by atoms with van der Waals surface area (Å²) < 4.78 is 5.57. The molecule has 0 saturated carbocycles. The minimum absolute atomic E-state index is 0.0271. The van der Waals surface area contributed by atoms with E-state index in [0.29, 0.717) is 6.42 Å². The van der Waals surface area contributed by atoms with E-state index < -0.39 is 18.8 Å².